The number of nitrogens with two attached hydrogens (primary N) is 2. The number of benzene rings is 1. The van der Waals surface area contributed by atoms with Gasteiger partial charge in [-0.3, -0.25) is 4.79 Å². The first-order valence-corrected chi connectivity index (χ1v) is 6.77. The molecule has 3 amide bonds. The molecule has 23 heavy (non-hydrogen) atoms. The number of amides is 3. The van der Waals surface area contributed by atoms with Crippen LogP contribution in [-0.2, 0) is 0 Å². The summed E-state index contributed by atoms with van der Waals surface area (Å²) in [6, 6.07) is 8.03. The number of hydrogen-bond acceptors (Lipinski definition) is 3. The summed E-state index contributed by atoms with van der Waals surface area (Å²) in [4.78, 5) is 25.8. The van der Waals surface area contributed by atoms with E-state index in [2.05, 4.69) is 10.3 Å². The van der Waals surface area contributed by atoms with Crippen LogP contribution in [0, 0.1) is 0 Å². The molecule has 0 fully saturated rings. The highest BCUT2D eigenvalue weighted by Gasteiger charge is 2.16. The van der Waals surface area contributed by atoms with Crippen molar-refractivity contribution in [2.75, 3.05) is 5.32 Å². The molecule has 7 nitrogen and oxygen atoms in total. The number of urea groups is 1. The molecular weight excluding hydrogens is 296 g/mol. The first-order valence-electron chi connectivity index (χ1n) is 6.77. The molecule has 0 radical (unpaired) electrons. The summed E-state index contributed by atoms with van der Waals surface area (Å²) in [5.41, 5.74) is 14.2. The summed E-state index contributed by atoms with van der Waals surface area (Å²) >= 11 is 0. The maximum absolute atomic E-state index is 11.5. The second kappa shape index (κ2) is 5.72. The van der Waals surface area contributed by atoms with Crippen LogP contribution in [-0.4, -0.2) is 16.9 Å². The minimum absolute atomic E-state index is 0.327. The molecule has 2 heterocycles. The van der Waals surface area contributed by atoms with E-state index in [1.807, 2.05) is 6.07 Å². The standard InChI is InChI=1S/C16H14N4O3/c17-15(21)12-3-5-19-14(12)11-2-1-9(10-4-6-23-8-10)7-13(11)20-16(18)22/h1-8,19H,(H2,17,21)(H3,18,20,22). The first kappa shape index (κ1) is 14.5. The molecule has 0 spiro atoms. The Hall–Kier alpha value is -3.48. The third-order valence-corrected chi connectivity index (χ3v) is 3.41. The normalized spacial score (nSPS) is 10.4. The van der Waals surface area contributed by atoms with Gasteiger partial charge in [0.05, 0.1) is 29.5 Å². The molecule has 2 aromatic heterocycles. The SMILES string of the molecule is NC(=O)Nc1cc(-c2ccoc2)ccc1-c1[nH]ccc1C(N)=O. The number of carbonyl (C=O) groups excluding carboxylic acids is 2. The van der Waals surface area contributed by atoms with Gasteiger partial charge in [0.1, 0.15) is 0 Å². The Morgan fingerprint density at radius 2 is 1.91 bits per heavy atom. The van der Waals surface area contributed by atoms with Crippen molar-refractivity contribution >= 4 is 17.6 Å². The zero-order valence-electron chi connectivity index (χ0n) is 12.0. The lowest BCUT2D eigenvalue weighted by molar-refractivity contribution is 0.100. The third kappa shape index (κ3) is 2.80. The van der Waals surface area contributed by atoms with Crippen LogP contribution >= 0.6 is 0 Å². The minimum atomic E-state index is -0.706. The highest BCUT2D eigenvalue weighted by molar-refractivity contribution is 6.02. The van der Waals surface area contributed by atoms with Crippen LogP contribution in [0.3, 0.4) is 0 Å². The molecule has 1 aromatic carbocycles. The predicted octanol–water partition coefficient (Wildman–Crippen LogP) is 2.53. The van der Waals surface area contributed by atoms with Crippen LogP contribution in [0.4, 0.5) is 10.5 Å². The molecule has 0 unspecified atom stereocenters. The molecule has 3 aromatic rings. The Bertz CT molecular complexity index is 865. The number of aromatic nitrogens is 1. The topological polar surface area (TPSA) is 127 Å². The van der Waals surface area contributed by atoms with Crippen molar-refractivity contribution in [3.63, 3.8) is 0 Å². The molecule has 6 N–H and O–H groups in total. The highest BCUT2D eigenvalue weighted by atomic mass is 16.3. The highest BCUT2D eigenvalue weighted by Crippen LogP contribution is 2.33. The van der Waals surface area contributed by atoms with E-state index in [9.17, 15) is 9.59 Å². The number of nitrogens with one attached hydrogen (secondary N) is 2. The van der Waals surface area contributed by atoms with Gasteiger partial charge in [-0.15, -0.1) is 0 Å². The number of hydrogen-bond donors (Lipinski definition) is 4. The minimum Gasteiger partial charge on any atom is -0.472 e. The quantitative estimate of drug-likeness (QED) is 0.591. The largest absolute Gasteiger partial charge is 0.472 e. The molecule has 0 saturated heterocycles. The van der Waals surface area contributed by atoms with Gasteiger partial charge in [0.15, 0.2) is 0 Å². The third-order valence-electron chi connectivity index (χ3n) is 3.41. The van der Waals surface area contributed by atoms with E-state index in [1.54, 1.807) is 43.0 Å². The van der Waals surface area contributed by atoms with Crippen molar-refractivity contribution in [2.45, 2.75) is 0 Å². The van der Waals surface area contributed by atoms with Crippen molar-refractivity contribution in [1.29, 1.82) is 0 Å². The van der Waals surface area contributed by atoms with E-state index in [4.69, 9.17) is 15.9 Å². The van der Waals surface area contributed by atoms with E-state index in [1.165, 1.54) is 0 Å². The van der Waals surface area contributed by atoms with Gasteiger partial charge in [-0.2, -0.15) is 0 Å². The van der Waals surface area contributed by atoms with Gasteiger partial charge in [-0.05, 0) is 23.8 Å². The Morgan fingerprint density at radius 1 is 1.09 bits per heavy atom. The number of primary amides is 2. The van der Waals surface area contributed by atoms with Gasteiger partial charge in [0, 0.05) is 17.3 Å². The zero-order chi connectivity index (χ0) is 16.4. The Balaban J connectivity index is 2.14. The molecule has 116 valence electrons. The second-order valence-electron chi connectivity index (χ2n) is 4.89. The molecule has 0 aliphatic carbocycles. The smallest absolute Gasteiger partial charge is 0.316 e. The molecule has 0 aliphatic heterocycles. The maximum atomic E-state index is 11.5. The summed E-state index contributed by atoms with van der Waals surface area (Å²) in [6.45, 7) is 0. The summed E-state index contributed by atoms with van der Waals surface area (Å²) in [5, 5.41) is 2.57. The predicted molar refractivity (Wildman–Crippen MR) is 85.7 cm³/mol. The van der Waals surface area contributed by atoms with Gasteiger partial charge >= 0.3 is 6.03 Å². The van der Waals surface area contributed by atoms with E-state index in [0.717, 1.165) is 11.1 Å². The second-order valence-corrected chi connectivity index (χ2v) is 4.89. The summed E-state index contributed by atoms with van der Waals surface area (Å²) in [6.07, 6.45) is 4.75. The number of H-pyrrole nitrogens is 1. The lowest BCUT2D eigenvalue weighted by Crippen LogP contribution is -2.20. The average Bonchev–Trinajstić information content (AvgIpc) is 3.18. The Labute approximate surface area is 131 Å². The van der Waals surface area contributed by atoms with Crippen LogP contribution in [0.25, 0.3) is 22.4 Å². The first-order chi connectivity index (χ1) is 11.1. The van der Waals surface area contributed by atoms with E-state index in [0.29, 0.717) is 22.5 Å². The van der Waals surface area contributed by atoms with Gasteiger partial charge in [0.2, 0.25) is 0 Å². The molecule has 0 atom stereocenters. The lowest BCUT2D eigenvalue weighted by atomic mass is 10.0. The fourth-order valence-electron chi connectivity index (χ4n) is 2.40. The van der Waals surface area contributed by atoms with E-state index >= 15 is 0 Å². The maximum Gasteiger partial charge on any atom is 0.316 e. The van der Waals surface area contributed by atoms with Crippen molar-refractivity contribution in [2.24, 2.45) is 11.5 Å². The molecule has 0 aliphatic rings. The monoisotopic (exact) mass is 310 g/mol. The fourth-order valence-corrected chi connectivity index (χ4v) is 2.40. The fraction of sp³-hybridized carbons (Fsp3) is 0. The van der Waals surface area contributed by atoms with E-state index < -0.39 is 11.9 Å². The van der Waals surface area contributed by atoms with E-state index in [-0.39, 0.29) is 0 Å². The van der Waals surface area contributed by atoms with Gasteiger partial charge in [-0.1, -0.05) is 12.1 Å². The summed E-state index contributed by atoms with van der Waals surface area (Å²) < 4.78 is 5.06. The molecule has 7 heteroatoms. The van der Waals surface area contributed by atoms with Crippen molar-refractivity contribution in [1.82, 2.24) is 4.98 Å². The van der Waals surface area contributed by atoms with Crippen LogP contribution in [0.2, 0.25) is 0 Å². The van der Waals surface area contributed by atoms with Crippen LogP contribution in [0.15, 0.2) is 53.5 Å². The molecule has 0 bridgehead atoms. The van der Waals surface area contributed by atoms with Crippen molar-refractivity contribution in [3.8, 4) is 22.4 Å². The van der Waals surface area contributed by atoms with Gasteiger partial charge in [-0.25, -0.2) is 4.79 Å². The Morgan fingerprint density at radius 3 is 2.57 bits per heavy atom. The zero-order valence-corrected chi connectivity index (χ0v) is 12.0. The average molecular weight is 310 g/mol. The number of carbonyl (C=O) groups is 2. The van der Waals surface area contributed by atoms with Crippen molar-refractivity contribution in [3.05, 3.63) is 54.6 Å². The molecule has 0 saturated carbocycles. The van der Waals surface area contributed by atoms with Gasteiger partial charge < -0.3 is 26.2 Å². The number of aromatic amines is 1. The van der Waals surface area contributed by atoms with Crippen LogP contribution < -0.4 is 16.8 Å². The lowest BCUT2D eigenvalue weighted by Gasteiger charge is -2.12. The number of anilines is 1. The Kier molecular flexibility index (Phi) is 3.60. The van der Waals surface area contributed by atoms with Crippen LogP contribution in [0.5, 0.6) is 0 Å². The molecule has 3 rings (SSSR count). The number of rotatable bonds is 4. The molecular formula is C16H14N4O3. The van der Waals surface area contributed by atoms with Crippen LogP contribution in [0.1, 0.15) is 10.4 Å². The number of furan rings is 1. The van der Waals surface area contributed by atoms with Gasteiger partial charge in [0.25, 0.3) is 5.91 Å². The summed E-state index contributed by atoms with van der Waals surface area (Å²) in [7, 11) is 0. The van der Waals surface area contributed by atoms with Crippen molar-refractivity contribution < 1.29 is 14.0 Å². The summed E-state index contributed by atoms with van der Waals surface area (Å²) in [5.74, 6) is -0.565.